The van der Waals surface area contributed by atoms with Crippen LogP contribution in [-0.2, 0) is 4.79 Å². The fourth-order valence-electron chi connectivity index (χ4n) is 3.05. The highest BCUT2D eigenvalue weighted by Crippen LogP contribution is 2.34. The minimum absolute atomic E-state index is 0.0898. The Bertz CT molecular complexity index is 552. The highest BCUT2D eigenvalue weighted by molar-refractivity contribution is 6.31. The molecule has 1 aromatic carbocycles. The molecule has 1 fully saturated rings. The van der Waals surface area contributed by atoms with Gasteiger partial charge in [0.15, 0.2) is 0 Å². The molecule has 0 heterocycles. The molecule has 1 saturated carbocycles. The SMILES string of the molecule is Cc1cc(Cl)cc(C(=O)NC2(C(=O)O)CCCCC2C)c1. The van der Waals surface area contributed by atoms with Crippen molar-refractivity contribution in [3.8, 4) is 0 Å². The van der Waals surface area contributed by atoms with Crippen LogP contribution >= 0.6 is 11.6 Å². The zero-order valence-corrected chi connectivity index (χ0v) is 13.0. The summed E-state index contributed by atoms with van der Waals surface area (Å²) in [6.45, 7) is 3.73. The second-order valence-corrected chi connectivity index (χ2v) is 6.33. The van der Waals surface area contributed by atoms with Crippen LogP contribution in [0.3, 0.4) is 0 Å². The van der Waals surface area contributed by atoms with E-state index in [1.807, 2.05) is 13.8 Å². The van der Waals surface area contributed by atoms with Gasteiger partial charge in [-0.05, 0) is 49.4 Å². The van der Waals surface area contributed by atoms with Crippen molar-refractivity contribution in [1.82, 2.24) is 5.32 Å². The lowest BCUT2D eigenvalue weighted by Gasteiger charge is -2.39. The quantitative estimate of drug-likeness (QED) is 0.899. The van der Waals surface area contributed by atoms with Crippen molar-refractivity contribution in [3.63, 3.8) is 0 Å². The van der Waals surface area contributed by atoms with Gasteiger partial charge < -0.3 is 10.4 Å². The van der Waals surface area contributed by atoms with Crippen LogP contribution in [0.5, 0.6) is 0 Å². The summed E-state index contributed by atoms with van der Waals surface area (Å²) < 4.78 is 0. The van der Waals surface area contributed by atoms with Gasteiger partial charge in [0.1, 0.15) is 5.54 Å². The first kappa shape index (κ1) is 15.8. The Morgan fingerprint density at radius 1 is 1.33 bits per heavy atom. The number of hydrogen-bond acceptors (Lipinski definition) is 2. The summed E-state index contributed by atoms with van der Waals surface area (Å²) in [4.78, 5) is 24.2. The van der Waals surface area contributed by atoms with Crippen molar-refractivity contribution < 1.29 is 14.7 Å². The van der Waals surface area contributed by atoms with Crippen LogP contribution in [0.15, 0.2) is 18.2 Å². The van der Waals surface area contributed by atoms with Gasteiger partial charge in [-0.15, -0.1) is 0 Å². The molecule has 21 heavy (non-hydrogen) atoms. The minimum atomic E-state index is -1.18. The van der Waals surface area contributed by atoms with E-state index < -0.39 is 11.5 Å². The Balaban J connectivity index is 2.28. The van der Waals surface area contributed by atoms with E-state index in [9.17, 15) is 14.7 Å². The molecule has 0 aromatic heterocycles. The Hall–Kier alpha value is -1.55. The van der Waals surface area contributed by atoms with E-state index in [2.05, 4.69) is 5.32 Å². The summed E-state index contributed by atoms with van der Waals surface area (Å²) in [7, 11) is 0. The van der Waals surface area contributed by atoms with Crippen LogP contribution in [0.4, 0.5) is 0 Å². The zero-order chi connectivity index (χ0) is 15.6. The maximum Gasteiger partial charge on any atom is 0.329 e. The summed E-state index contributed by atoms with van der Waals surface area (Å²) in [6, 6.07) is 5.03. The van der Waals surface area contributed by atoms with E-state index in [4.69, 9.17) is 11.6 Å². The number of benzene rings is 1. The van der Waals surface area contributed by atoms with E-state index in [1.165, 1.54) is 0 Å². The third-order valence-electron chi connectivity index (χ3n) is 4.32. The Labute approximate surface area is 129 Å². The van der Waals surface area contributed by atoms with E-state index >= 15 is 0 Å². The second-order valence-electron chi connectivity index (χ2n) is 5.89. The molecule has 2 N–H and O–H groups in total. The Morgan fingerprint density at radius 2 is 2.05 bits per heavy atom. The Kier molecular flexibility index (Phi) is 4.57. The molecule has 0 saturated heterocycles. The molecule has 2 unspecified atom stereocenters. The van der Waals surface area contributed by atoms with Crippen molar-refractivity contribution in [2.24, 2.45) is 5.92 Å². The lowest BCUT2D eigenvalue weighted by atomic mass is 9.73. The molecule has 0 aliphatic heterocycles. The van der Waals surface area contributed by atoms with Crippen molar-refractivity contribution in [3.05, 3.63) is 34.3 Å². The number of hydrogen-bond donors (Lipinski definition) is 2. The van der Waals surface area contributed by atoms with Crippen LogP contribution in [0.2, 0.25) is 5.02 Å². The van der Waals surface area contributed by atoms with Gasteiger partial charge in [-0.2, -0.15) is 0 Å². The third-order valence-corrected chi connectivity index (χ3v) is 4.54. The average Bonchev–Trinajstić information content (AvgIpc) is 2.40. The van der Waals surface area contributed by atoms with Crippen LogP contribution in [0.25, 0.3) is 0 Å². The van der Waals surface area contributed by atoms with Crippen LogP contribution in [-0.4, -0.2) is 22.5 Å². The highest BCUT2D eigenvalue weighted by atomic mass is 35.5. The second kappa shape index (κ2) is 6.06. The van der Waals surface area contributed by atoms with Gasteiger partial charge in [-0.25, -0.2) is 4.79 Å². The maximum atomic E-state index is 12.4. The number of carbonyl (C=O) groups excluding carboxylic acids is 1. The van der Waals surface area contributed by atoms with Crippen molar-refractivity contribution >= 4 is 23.5 Å². The molecule has 1 amide bonds. The lowest BCUT2D eigenvalue weighted by molar-refractivity contribution is -0.148. The molecule has 1 aliphatic carbocycles. The number of halogens is 1. The van der Waals surface area contributed by atoms with Crippen molar-refractivity contribution in [2.75, 3.05) is 0 Å². The third kappa shape index (κ3) is 3.21. The molecule has 0 radical (unpaired) electrons. The van der Waals surface area contributed by atoms with Gasteiger partial charge in [-0.3, -0.25) is 4.79 Å². The predicted molar refractivity (Wildman–Crippen MR) is 81.7 cm³/mol. The van der Waals surface area contributed by atoms with Crippen LogP contribution in [0, 0.1) is 12.8 Å². The zero-order valence-electron chi connectivity index (χ0n) is 12.3. The molecular weight excluding hydrogens is 290 g/mol. The largest absolute Gasteiger partial charge is 0.479 e. The molecule has 114 valence electrons. The first-order chi connectivity index (χ1) is 9.85. The number of aryl methyl sites for hydroxylation is 1. The smallest absolute Gasteiger partial charge is 0.329 e. The lowest BCUT2D eigenvalue weighted by Crippen LogP contribution is -2.60. The number of rotatable bonds is 3. The van der Waals surface area contributed by atoms with Gasteiger partial charge >= 0.3 is 5.97 Å². The number of carbonyl (C=O) groups is 2. The van der Waals surface area contributed by atoms with E-state index in [1.54, 1.807) is 18.2 Å². The molecule has 1 aliphatic rings. The molecule has 4 nitrogen and oxygen atoms in total. The maximum absolute atomic E-state index is 12.4. The van der Waals surface area contributed by atoms with Crippen LogP contribution < -0.4 is 5.32 Å². The first-order valence-electron chi connectivity index (χ1n) is 7.18. The molecule has 1 aromatic rings. The molecular formula is C16H20ClNO3. The number of carboxylic acid groups (broad SMARTS) is 1. The first-order valence-corrected chi connectivity index (χ1v) is 7.56. The molecule has 5 heteroatoms. The normalized spacial score (nSPS) is 25.4. The predicted octanol–water partition coefficient (Wildman–Crippen LogP) is 3.41. The topological polar surface area (TPSA) is 66.4 Å². The van der Waals surface area contributed by atoms with Crippen molar-refractivity contribution in [1.29, 1.82) is 0 Å². The summed E-state index contributed by atoms with van der Waals surface area (Å²) in [5, 5.41) is 12.9. The van der Waals surface area contributed by atoms with Gasteiger partial charge in [0.2, 0.25) is 0 Å². The molecule has 2 atom stereocenters. The summed E-state index contributed by atoms with van der Waals surface area (Å²) >= 11 is 5.97. The summed E-state index contributed by atoms with van der Waals surface area (Å²) in [5.41, 5.74) is 0.0954. The van der Waals surface area contributed by atoms with Gasteiger partial charge in [-0.1, -0.05) is 31.4 Å². The Morgan fingerprint density at radius 3 is 2.62 bits per heavy atom. The fraction of sp³-hybridized carbons (Fsp3) is 0.500. The van der Waals surface area contributed by atoms with Crippen molar-refractivity contribution in [2.45, 2.75) is 45.1 Å². The number of amides is 1. The molecule has 0 spiro atoms. The van der Waals surface area contributed by atoms with E-state index in [0.717, 1.165) is 24.8 Å². The van der Waals surface area contributed by atoms with Gasteiger partial charge in [0, 0.05) is 10.6 Å². The summed E-state index contributed by atoms with van der Waals surface area (Å²) in [6.07, 6.45) is 3.09. The molecule has 2 rings (SSSR count). The van der Waals surface area contributed by atoms with E-state index in [0.29, 0.717) is 17.0 Å². The highest BCUT2D eigenvalue weighted by Gasteiger charge is 2.46. The van der Waals surface area contributed by atoms with Crippen LogP contribution in [0.1, 0.15) is 48.5 Å². The number of carboxylic acids is 1. The average molecular weight is 310 g/mol. The fourth-order valence-corrected chi connectivity index (χ4v) is 3.34. The standard InChI is InChI=1S/C16H20ClNO3/c1-10-7-12(9-13(17)8-10)14(19)18-16(15(20)21)6-4-3-5-11(16)2/h7-9,11H,3-6H2,1-2H3,(H,18,19)(H,20,21). The summed E-state index contributed by atoms with van der Waals surface area (Å²) in [5.74, 6) is -1.42. The van der Waals surface area contributed by atoms with Gasteiger partial charge in [0.05, 0.1) is 0 Å². The van der Waals surface area contributed by atoms with Gasteiger partial charge in [0.25, 0.3) is 5.91 Å². The van der Waals surface area contributed by atoms with E-state index in [-0.39, 0.29) is 11.8 Å². The molecule has 0 bridgehead atoms. The minimum Gasteiger partial charge on any atom is -0.479 e. The monoisotopic (exact) mass is 309 g/mol. The number of nitrogens with one attached hydrogen (secondary N) is 1. The number of aliphatic carboxylic acids is 1.